The molecule has 33 heavy (non-hydrogen) atoms. The van der Waals surface area contributed by atoms with Crippen LogP contribution in [-0.4, -0.2) is 25.7 Å². The molecule has 0 aliphatic rings. The lowest BCUT2D eigenvalue weighted by molar-refractivity contribution is 0.101. The van der Waals surface area contributed by atoms with Gasteiger partial charge in [0.1, 0.15) is 17.1 Å². The monoisotopic (exact) mass is 457 g/mol. The zero-order valence-electron chi connectivity index (χ0n) is 17.0. The van der Waals surface area contributed by atoms with Crippen LogP contribution in [0.1, 0.15) is 10.5 Å². The van der Waals surface area contributed by atoms with Crippen molar-refractivity contribution in [3.63, 3.8) is 0 Å². The summed E-state index contributed by atoms with van der Waals surface area (Å²) in [6.45, 7) is 0. The van der Waals surface area contributed by atoms with Crippen molar-refractivity contribution in [2.45, 2.75) is 0 Å². The minimum Gasteiger partial charge on any atom is -0.457 e. The number of ether oxygens (including phenoxy) is 1. The van der Waals surface area contributed by atoms with Gasteiger partial charge in [-0.05, 0) is 60.7 Å². The van der Waals surface area contributed by atoms with Crippen LogP contribution in [0.4, 0.5) is 5.69 Å². The molecule has 0 unspecified atom stereocenters. The Morgan fingerprint density at radius 2 is 1.79 bits per heavy atom. The van der Waals surface area contributed by atoms with Crippen LogP contribution in [0.3, 0.4) is 0 Å². The first-order chi connectivity index (χ1) is 16.1. The molecule has 0 aliphatic heterocycles. The summed E-state index contributed by atoms with van der Waals surface area (Å²) in [5, 5.41) is 8.32. The Kier molecular flexibility index (Phi) is 5.34. The maximum absolute atomic E-state index is 12.7. The van der Waals surface area contributed by atoms with E-state index in [2.05, 4.69) is 20.4 Å². The molecule has 2 aromatic carbocycles. The summed E-state index contributed by atoms with van der Waals surface area (Å²) in [6.07, 6.45) is 4.95. The van der Waals surface area contributed by atoms with Crippen LogP contribution in [0.15, 0.2) is 90.1 Å². The van der Waals surface area contributed by atoms with E-state index >= 15 is 0 Å². The van der Waals surface area contributed by atoms with Gasteiger partial charge in [0.15, 0.2) is 5.69 Å². The Bertz CT molecular complexity index is 1510. The van der Waals surface area contributed by atoms with E-state index in [1.165, 1.54) is 16.9 Å². The van der Waals surface area contributed by atoms with Gasteiger partial charge in [-0.1, -0.05) is 11.6 Å². The molecule has 9 heteroatoms. The highest BCUT2D eigenvalue weighted by Crippen LogP contribution is 2.28. The van der Waals surface area contributed by atoms with E-state index in [0.29, 0.717) is 27.9 Å². The van der Waals surface area contributed by atoms with Gasteiger partial charge in [0.25, 0.3) is 5.91 Å². The number of carbonyl (C=O) groups excluding carboxylic acids is 1. The van der Waals surface area contributed by atoms with Gasteiger partial charge < -0.3 is 15.0 Å². The number of H-pyrrole nitrogens is 1. The van der Waals surface area contributed by atoms with Gasteiger partial charge in [0.2, 0.25) is 5.43 Å². The molecule has 5 rings (SSSR count). The van der Waals surface area contributed by atoms with Crippen molar-refractivity contribution in [2.75, 3.05) is 5.32 Å². The van der Waals surface area contributed by atoms with Crippen LogP contribution in [0.2, 0.25) is 5.02 Å². The van der Waals surface area contributed by atoms with Crippen molar-refractivity contribution < 1.29 is 9.53 Å². The molecule has 8 nitrogen and oxygen atoms in total. The first kappa shape index (κ1) is 20.5. The summed E-state index contributed by atoms with van der Waals surface area (Å²) < 4.78 is 7.38. The Morgan fingerprint density at radius 1 is 1.00 bits per heavy atom. The molecule has 0 aliphatic carbocycles. The van der Waals surface area contributed by atoms with Crippen LogP contribution in [0.5, 0.6) is 11.5 Å². The SMILES string of the molecule is O=C(Nc1ccc(Oc2ccnc3[nH]ccc23)cc1)c1nn(-c2ccc(Cl)cc2)ccc1=O. The first-order valence-electron chi connectivity index (χ1n) is 9.94. The predicted octanol–water partition coefficient (Wildman–Crippen LogP) is 4.81. The number of nitrogens with zero attached hydrogens (tertiary/aromatic N) is 3. The van der Waals surface area contributed by atoms with Crippen molar-refractivity contribution in [3.8, 4) is 17.2 Å². The smallest absolute Gasteiger partial charge is 0.280 e. The van der Waals surface area contributed by atoms with Crippen molar-refractivity contribution in [3.05, 3.63) is 106 Å². The maximum Gasteiger partial charge on any atom is 0.280 e. The van der Waals surface area contributed by atoms with Gasteiger partial charge in [-0.3, -0.25) is 9.59 Å². The third-order valence-electron chi connectivity index (χ3n) is 4.87. The normalized spacial score (nSPS) is 10.8. The van der Waals surface area contributed by atoms with Crippen LogP contribution in [-0.2, 0) is 0 Å². The number of halogens is 1. The molecule has 0 saturated carbocycles. The fourth-order valence-corrected chi connectivity index (χ4v) is 3.38. The van der Waals surface area contributed by atoms with E-state index in [1.807, 2.05) is 6.07 Å². The highest BCUT2D eigenvalue weighted by atomic mass is 35.5. The van der Waals surface area contributed by atoms with Crippen molar-refractivity contribution in [2.24, 2.45) is 0 Å². The number of nitrogens with one attached hydrogen (secondary N) is 2. The predicted molar refractivity (Wildman–Crippen MR) is 125 cm³/mol. The van der Waals surface area contributed by atoms with Crippen LogP contribution < -0.4 is 15.5 Å². The quantitative estimate of drug-likeness (QED) is 0.394. The number of anilines is 1. The maximum atomic E-state index is 12.7. The fraction of sp³-hybridized carbons (Fsp3) is 0. The molecule has 3 aromatic heterocycles. The lowest BCUT2D eigenvalue weighted by Gasteiger charge is -2.10. The number of amides is 1. The summed E-state index contributed by atoms with van der Waals surface area (Å²) in [4.78, 5) is 32.2. The molecular weight excluding hydrogens is 442 g/mol. The van der Waals surface area contributed by atoms with E-state index in [-0.39, 0.29) is 5.69 Å². The average Bonchev–Trinajstić information content (AvgIpc) is 3.31. The fourth-order valence-electron chi connectivity index (χ4n) is 3.25. The largest absolute Gasteiger partial charge is 0.457 e. The van der Waals surface area contributed by atoms with E-state index in [9.17, 15) is 9.59 Å². The second-order valence-electron chi connectivity index (χ2n) is 7.08. The van der Waals surface area contributed by atoms with Gasteiger partial charge in [0, 0.05) is 35.4 Å². The Hall–Kier alpha value is -4.43. The number of fused-ring (bicyclic) bond motifs is 1. The lowest BCUT2D eigenvalue weighted by atomic mass is 10.2. The van der Waals surface area contributed by atoms with Crippen molar-refractivity contribution >= 4 is 34.2 Å². The molecule has 3 heterocycles. The number of hydrogen-bond acceptors (Lipinski definition) is 5. The number of hydrogen-bond donors (Lipinski definition) is 2. The van der Waals surface area contributed by atoms with Crippen LogP contribution in [0, 0.1) is 0 Å². The summed E-state index contributed by atoms with van der Waals surface area (Å²) in [5.74, 6) is 0.638. The van der Waals surface area contributed by atoms with Gasteiger partial charge >= 0.3 is 0 Å². The Balaban J connectivity index is 1.33. The second kappa shape index (κ2) is 8.60. The van der Waals surface area contributed by atoms with E-state index in [4.69, 9.17) is 16.3 Å². The Labute approximate surface area is 192 Å². The molecular formula is C24H16ClN5O3. The van der Waals surface area contributed by atoms with E-state index < -0.39 is 11.3 Å². The summed E-state index contributed by atoms with van der Waals surface area (Å²) >= 11 is 5.92. The molecule has 0 saturated heterocycles. The molecule has 0 bridgehead atoms. The van der Waals surface area contributed by atoms with Gasteiger partial charge in [0.05, 0.1) is 11.1 Å². The molecule has 0 radical (unpaired) electrons. The van der Waals surface area contributed by atoms with Crippen LogP contribution in [0.25, 0.3) is 16.7 Å². The molecule has 162 valence electrons. The summed E-state index contributed by atoms with van der Waals surface area (Å²) in [6, 6.07) is 18.7. The minimum atomic E-state index is -0.611. The zero-order chi connectivity index (χ0) is 22.8. The minimum absolute atomic E-state index is 0.223. The molecule has 1 amide bonds. The number of benzene rings is 2. The Morgan fingerprint density at radius 3 is 2.58 bits per heavy atom. The van der Waals surface area contributed by atoms with Crippen molar-refractivity contribution in [1.29, 1.82) is 0 Å². The average molecular weight is 458 g/mol. The standard InChI is InChI=1S/C24H16ClN5O3/c25-15-1-5-17(6-2-15)30-14-11-20(31)22(29-30)24(32)28-16-3-7-18(8-4-16)33-21-10-13-27-23-19(21)9-12-26-23/h1-14H,(H,26,27)(H,28,32). The number of carbonyl (C=O) groups is 1. The highest BCUT2D eigenvalue weighted by molar-refractivity contribution is 6.30. The second-order valence-corrected chi connectivity index (χ2v) is 7.52. The summed E-state index contributed by atoms with van der Waals surface area (Å²) in [7, 11) is 0. The molecule has 0 fully saturated rings. The zero-order valence-corrected chi connectivity index (χ0v) is 17.8. The molecule has 0 spiro atoms. The number of pyridine rings is 1. The lowest BCUT2D eigenvalue weighted by Crippen LogP contribution is -2.25. The first-order valence-corrected chi connectivity index (χ1v) is 10.3. The van der Waals surface area contributed by atoms with Crippen molar-refractivity contribution in [1.82, 2.24) is 19.7 Å². The topological polar surface area (TPSA) is 102 Å². The molecule has 5 aromatic rings. The number of aromatic amines is 1. The summed E-state index contributed by atoms with van der Waals surface area (Å²) in [5.41, 5.74) is 1.20. The van der Waals surface area contributed by atoms with Gasteiger partial charge in [-0.25, -0.2) is 9.67 Å². The molecule has 0 atom stereocenters. The van der Waals surface area contributed by atoms with E-state index in [0.717, 1.165) is 11.0 Å². The number of aromatic nitrogens is 4. The van der Waals surface area contributed by atoms with Gasteiger partial charge in [-0.15, -0.1) is 0 Å². The van der Waals surface area contributed by atoms with Gasteiger partial charge in [-0.2, -0.15) is 5.10 Å². The number of rotatable bonds is 5. The highest BCUT2D eigenvalue weighted by Gasteiger charge is 2.14. The van der Waals surface area contributed by atoms with E-state index in [1.54, 1.807) is 67.0 Å². The van der Waals surface area contributed by atoms with Crippen LogP contribution >= 0.6 is 11.6 Å². The third kappa shape index (κ3) is 4.32. The third-order valence-corrected chi connectivity index (χ3v) is 5.13. The molecule has 2 N–H and O–H groups in total.